The van der Waals surface area contributed by atoms with Crippen LogP contribution >= 0.6 is 0 Å². The van der Waals surface area contributed by atoms with E-state index in [1.165, 1.54) is 0 Å². The number of aromatic nitrogens is 1. The first-order valence-electron chi connectivity index (χ1n) is 9.40. The number of hydrogen-bond acceptors (Lipinski definition) is 2. The molecular formula is C24H21NO3. The van der Waals surface area contributed by atoms with E-state index in [2.05, 4.69) is 4.57 Å². The van der Waals surface area contributed by atoms with Gasteiger partial charge in [-0.05, 0) is 30.2 Å². The van der Waals surface area contributed by atoms with Gasteiger partial charge in [0.1, 0.15) is 0 Å². The van der Waals surface area contributed by atoms with Crippen LogP contribution in [-0.2, 0) is 11.3 Å². The molecule has 0 radical (unpaired) electrons. The smallest absolute Gasteiger partial charge is 0.303 e. The summed E-state index contributed by atoms with van der Waals surface area (Å²) in [6.45, 7) is 2.51. The topological polar surface area (TPSA) is 59.3 Å². The van der Waals surface area contributed by atoms with Crippen LogP contribution in [0.1, 0.15) is 34.5 Å². The molecule has 0 aliphatic rings. The number of carbonyl (C=O) groups is 2. The zero-order valence-electron chi connectivity index (χ0n) is 15.7. The minimum Gasteiger partial charge on any atom is -0.481 e. The second kappa shape index (κ2) is 7.31. The monoisotopic (exact) mass is 371 g/mol. The molecule has 1 aromatic heterocycles. The van der Waals surface area contributed by atoms with Crippen molar-refractivity contribution >= 4 is 33.4 Å². The van der Waals surface area contributed by atoms with Crippen LogP contribution in [0.5, 0.6) is 0 Å². The van der Waals surface area contributed by atoms with E-state index in [-0.39, 0.29) is 12.2 Å². The van der Waals surface area contributed by atoms with E-state index in [0.717, 1.165) is 27.4 Å². The number of carboxylic acids is 1. The quantitative estimate of drug-likeness (QED) is 0.474. The van der Waals surface area contributed by atoms with E-state index in [4.69, 9.17) is 5.11 Å². The number of carbonyl (C=O) groups excluding carboxylic acids is 1. The normalized spacial score (nSPS) is 11.2. The highest BCUT2D eigenvalue weighted by Gasteiger charge is 2.22. The molecule has 0 bridgehead atoms. The maximum Gasteiger partial charge on any atom is 0.303 e. The van der Waals surface area contributed by atoms with Crippen LogP contribution in [0.2, 0.25) is 0 Å². The second-order valence-corrected chi connectivity index (χ2v) is 6.98. The highest BCUT2D eigenvalue weighted by atomic mass is 16.4. The number of ketones is 1. The zero-order valence-corrected chi connectivity index (χ0v) is 15.7. The molecule has 28 heavy (non-hydrogen) atoms. The Morgan fingerprint density at radius 2 is 1.57 bits per heavy atom. The van der Waals surface area contributed by atoms with Crippen LogP contribution in [0.4, 0.5) is 0 Å². The van der Waals surface area contributed by atoms with Gasteiger partial charge in [-0.25, -0.2) is 0 Å². The molecule has 0 aliphatic heterocycles. The van der Waals surface area contributed by atoms with Crippen LogP contribution in [0.25, 0.3) is 21.7 Å². The Morgan fingerprint density at radius 1 is 0.893 bits per heavy atom. The van der Waals surface area contributed by atoms with Crippen molar-refractivity contribution < 1.29 is 14.7 Å². The fourth-order valence-corrected chi connectivity index (χ4v) is 3.95. The summed E-state index contributed by atoms with van der Waals surface area (Å²) in [6, 6.07) is 21.5. The Balaban J connectivity index is 1.85. The van der Waals surface area contributed by atoms with Crippen molar-refractivity contribution in [2.24, 2.45) is 0 Å². The van der Waals surface area contributed by atoms with Gasteiger partial charge in [0, 0.05) is 35.1 Å². The van der Waals surface area contributed by atoms with Gasteiger partial charge in [0.2, 0.25) is 0 Å². The van der Waals surface area contributed by atoms with E-state index < -0.39 is 5.97 Å². The summed E-state index contributed by atoms with van der Waals surface area (Å²) in [5.41, 5.74) is 3.23. The van der Waals surface area contributed by atoms with Crippen molar-refractivity contribution in [2.75, 3.05) is 0 Å². The Kier molecular flexibility index (Phi) is 4.70. The SMILES string of the molecule is Cc1c(C(=O)c2cccc3ccccc23)c2ccccc2n1CCCC(=O)O. The molecule has 0 spiro atoms. The Bertz CT molecular complexity index is 1200. The number of aryl methyl sites for hydroxylation is 1. The van der Waals surface area contributed by atoms with Gasteiger partial charge in [0.05, 0.1) is 5.56 Å². The minimum absolute atomic E-state index is 0.00230. The summed E-state index contributed by atoms with van der Waals surface area (Å²) in [6.07, 6.45) is 0.634. The Labute approximate surface area is 163 Å². The zero-order chi connectivity index (χ0) is 19.7. The number of fused-ring (bicyclic) bond motifs is 2. The first-order valence-corrected chi connectivity index (χ1v) is 9.40. The summed E-state index contributed by atoms with van der Waals surface area (Å²) < 4.78 is 2.07. The van der Waals surface area contributed by atoms with Gasteiger partial charge in [-0.2, -0.15) is 0 Å². The van der Waals surface area contributed by atoms with Crippen molar-refractivity contribution in [3.05, 3.63) is 83.6 Å². The fraction of sp³-hybridized carbons (Fsp3) is 0.167. The van der Waals surface area contributed by atoms with Crippen LogP contribution < -0.4 is 0 Å². The number of benzene rings is 3. The summed E-state index contributed by atoms with van der Waals surface area (Å²) in [5, 5.41) is 11.8. The fourth-order valence-electron chi connectivity index (χ4n) is 3.95. The van der Waals surface area contributed by atoms with Gasteiger partial charge in [-0.15, -0.1) is 0 Å². The lowest BCUT2D eigenvalue weighted by atomic mass is 9.95. The number of rotatable bonds is 6. The lowest BCUT2D eigenvalue weighted by molar-refractivity contribution is -0.137. The van der Waals surface area contributed by atoms with Gasteiger partial charge in [0.15, 0.2) is 5.78 Å². The average Bonchev–Trinajstić information content (AvgIpc) is 2.98. The van der Waals surface area contributed by atoms with Gasteiger partial charge in [-0.1, -0.05) is 60.7 Å². The molecule has 140 valence electrons. The first-order chi connectivity index (χ1) is 13.6. The molecule has 1 N–H and O–H groups in total. The van der Waals surface area contributed by atoms with Crippen LogP contribution in [0.15, 0.2) is 66.7 Å². The third-order valence-electron chi connectivity index (χ3n) is 5.26. The third kappa shape index (κ3) is 3.07. The maximum absolute atomic E-state index is 13.6. The number of para-hydroxylation sites is 1. The standard InChI is InChI=1S/C24H21NO3/c1-16-23(24(28)19-12-6-9-17-8-2-3-10-18(17)19)20-11-4-5-13-21(20)25(16)15-7-14-22(26)27/h2-6,8-13H,7,14-15H2,1H3,(H,26,27). The van der Waals surface area contributed by atoms with Gasteiger partial charge in [0.25, 0.3) is 0 Å². The highest BCUT2D eigenvalue weighted by Crippen LogP contribution is 2.30. The Hall–Kier alpha value is -3.40. The molecule has 0 saturated heterocycles. The van der Waals surface area contributed by atoms with Crippen molar-refractivity contribution in [1.29, 1.82) is 0 Å². The summed E-state index contributed by atoms with van der Waals surface area (Å²) in [4.78, 5) is 24.5. The summed E-state index contributed by atoms with van der Waals surface area (Å²) in [7, 11) is 0. The average molecular weight is 371 g/mol. The lowest BCUT2D eigenvalue weighted by Gasteiger charge is -2.09. The molecule has 0 atom stereocenters. The predicted molar refractivity (Wildman–Crippen MR) is 111 cm³/mol. The van der Waals surface area contributed by atoms with Crippen LogP contribution in [-0.4, -0.2) is 21.4 Å². The molecule has 0 fully saturated rings. The Morgan fingerprint density at radius 3 is 2.36 bits per heavy atom. The number of aliphatic carboxylic acids is 1. The number of carboxylic acid groups (broad SMARTS) is 1. The van der Waals surface area contributed by atoms with Crippen LogP contribution in [0.3, 0.4) is 0 Å². The lowest BCUT2D eigenvalue weighted by Crippen LogP contribution is -2.07. The molecule has 3 aromatic carbocycles. The molecule has 0 amide bonds. The molecule has 0 aliphatic carbocycles. The summed E-state index contributed by atoms with van der Waals surface area (Å²) >= 11 is 0. The van der Waals surface area contributed by atoms with Crippen molar-refractivity contribution in [1.82, 2.24) is 4.57 Å². The van der Waals surface area contributed by atoms with Gasteiger partial charge in [-0.3, -0.25) is 9.59 Å². The minimum atomic E-state index is -0.804. The number of nitrogens with zero attached hydrogens (tertiary/aromatic N) is 1. The predicted octanol–water partition coefficient (Wildman–Crippen LogP) is 5.20. The molecule has 4 heteroatoms. The van der Waals surface area contributed by atoms with Gasteiger partial charge < -0.3 is 9.67 Å². The first kappa shape index (κ1) is 18.0. The van der Waals surface area contributed by atoms with E-state index in [0.29, 0.717) is 24.1 Å². The van der Waals surface area contributed by atoms with E-state index in [1.54, 1.807) is 0 Å². The van der Waals surface area contributed by atoms with E-state index >= 15 is 0 Å². The highest BCUT2D eigenvalue weighted by molar-refractivity contribution is 6.22. The van der Waals surface area contributed by atoms with Crippen molar-refractivity contribution in [3.63, 3.8) is 0 Å². The molecule has 4 aromatic rings. The maximum atomic E-state index is 13.6. The largest absolute Gasteiger partial charge is 0.481 e. The molecule has 4 rings (SSSR count). The van der Waals surface area contributed by atoms with Crippen molar-refractivity contribution in [2.45, 2.75) is 26.3 Å². The van der Waals surface area contributed by atoms with E-state index in [9.17, 15) is 9.59 Å². The van der Waals surface area contributed by atoms with Crippen molar-refractivity contribution in [3.8, 4) is 0 Å². The molecule has 1 heterocycles. The van der Waals surface area contributed by atoms with Gasteiger partial charge >= 0.3 is 5.97 Å². The third-order valence-corrected chi connectivity index (χ3v) is 5.26. The molecular weight excluding hydrogens is 350 g/mol. The van der Waals surface area contributed by atoms with E-state index in [1.807, 2.05) is 73.7 Å². The second-order valence-electron chi connectivity index (χ2n) is 6.98. The summed E-state index contributed by atoms with van der Waals surface area (Å²) in [5.74, 6) is -0.802. The van der Waals surface area contributed by atoms with Crippen LogP contribution in [0, 0.1) is 6.92 Å². The molecule has 0 unspecified atom stereocenters. The molecule has 4 nitrogen and oxygen atoms in total. The number of hydrogen-bond donors (Lipinski definition) is 1. The molecule has 0 saturated carbocycles.